The molecule has 1 N–H and O–H groups in total. The molecule has 1 aliphatic rings. The van der Waals surface area contributed by atoms with Gasteiger partial charge in [0.15, 0.2) is 0 Å². The van der Waals surface area contributed by atoms with Crippen molar-refractivity contribution in [3.8, 4) is 0 Å². The molecule has 2 atom stereocenters. The Morgan fingerprint density at radius 1 is 1.36 bits per heavy atom. The van der Waals surface area contributed by atoms with Crippen molar-refractivity contribution in [1.82, 2.24) is 10.2 Å². The van der Waals surface area contributed by atoms with Gasteiger partial charge >= 0.3 is 6.09 Å². The number of nitrogens with one attached hydrogen (secondary N) is 1. The van der Waals surface area contributed by atoms with Crippen LogP contribution in [0.4, 0.5) is 13.6 Å². The van der Waals surface area contributed by atoms with E-state index in [1.807, 2.05) is 0 Å². The van der Waals surface area contributed by atoms with E-state index in [9.17, 15) is 18.4 Å². The normalized spacial score (nSPS) is 20.6. The lowest BCUT2D eigenvalue weighted by Crippen LogP contribution is -2.47. The van der Waals surface area contributed by atoms with Gasteiger partial charge in [-0.2, -0.15) is 0 Å². The highest BCUT2D eigenvalue weighted by Crippen LogP contribution is 2.24. The summed E-state index contributed by atoms with van der Waals surface area (Å²) in [6.07, 6.45) is -2.25. The predicted octanol–water partition coefficient (Wildman–Crippen LogP) is 4.50. The first-order chi connectivity index (χ1) is 13.0. The zero-order valence-electron chi connectivity index (χ0n) is 16.4. The third-order valence-electron chi connectivity index (χ3n) is 4.26. The Morgan fingerprint density at radius 3 is 2.64 bits per heavy atom. The maximum atomic E-state index is 14.5. The smallest absolute Gasteiger partial charge is 0.411 e. The quantitative estimate of drug-likeness (QED) is 0.788. The maximum Gasteiger partial charge on any atom is 0.411 e. The van der Waals surface area contributed by atoms with E-state index in [0.29, 0.717) is 16.2 Å². The number of halogens is 3. The molecule has 0 unspecified atom stereocenters. The summed E-state index contributed by atoms with van der Waals surface area (Å²) >= 11 is 5.91. The van der Waals surface area contributed by atoms with Crippen molar-refractivity contribution in [3.05, 3.63) is 40.7 Å². The number of carbonyl (C=O) groups excluding carboxylic acids is 2. The SMILES string of the molecule is C/C(=C(\F)CNC(=O)[C@@H]1C[C@@H](F)CN1C(=O)OC(C)(C)C)c1cccc(Cl)c1. The number of hydrogen-bond donors (Lipinski definition) is 1. The van der Waals surface area contributed by atoms with Gasteiger partial charge in [-0.25, -0.2) is 13.6 Å². The summed E-state index contributed by atoms with van der Waals surface area (Å²) in [7, 11) is 0. The average molecular weight is 415 g/mol. The lowest BCUT2D eigenvalue weighted by atomic mass is 10.1. The second kappa shape index (κ2) is 8.90. The average Bonchev–Trinajstić information content (AvgIpc) is 2.99. The molecule has 8 heteroatoms. The van der Waals surface area contributed by atoms with Gasteiger partial charge < -0.3 is 10.1 Å². The maximum absolute atomic E-state index is 14.5. The molecule has 1 aromatic rings. The molecule has 2 rings (SSSR count). The molecule has 1 saturated heterocycles. The van der Waals surface area contributed by atoms with Crippen LogP contribution in [-0.2, 0) is 9.53 Å². The van der Waals surface area contributed by atoms with Crippen LogP contribution < -0.4 is 5.32 Å². The van der Waals surface area contributed by atoms with Gasteiger partial charge in [0.2, 0.25) is 5.91 Å². The zero-order valence-corrected chi connectivity index (χ0v) is 17.1. The molecule has 0 radical (unpaired) electrons. The number of hydrogen-bond acceptors (Lipinski definition) is 3. The predicted molar refractivity (Wildman–Crippen MR) is 104 cm³/mol. The van der Waals surface area contributed by atoms with Crippen LogP contribution in [0, 0.1) is 0 Å². The fourth-order valence-corrected chi connectivity index (χ4v) is 3.04. The third-order valence-corrected chi connectivity index (χ3v) is 4.50. The molecule has 0 aliphatic carbocycles. The molecule has 0 aromatic heterocycles. The Balaban J connectivity index is 2.04. The highest BCUT2D eigenvalue weighted by Gasteiger charge is 2.41. The van der Waals surface area contributed by atoms with Gasteiger partial charge in [0.25, 0.3) is 0 Å². The highest BCUT2D eigenvalue weighted by atomic mass is 35.5. The lowest BCUT2D eigenvalue weighted by Gasteiger charge is -2.27. The monoisotopic (exact) mass is 414 g/mol. The van der Waals surface area contributed by atoms with Crippen LogP contribution in [-0.4, -0.2) is 47.8 Å². The fraction of sp³-hybridized carbons (Fsp3) is 0.500. The first-order valence-corrected chi connectivity index (χ1v) is 9.38. The second-order valence-electron chi connectivity index (χ2n) is 7.74. The van der Waals surface area contributed by atoms with Gasteiger partial charge in [0, 0.05) is 11.4 Å². The molecule has 0 saturated carbocycles. The number of rotatable bonds is 4. The van der Waals surface area contributed by atoms with Crippen molar-refractivity contribution in [1.29, 1.82) is 0 Å². The lowest BCUT2D eigenvalue weighted by molar-refractivity contribution is -0.125. The number of alkyl halides is 1. The van der Waals surface area contributed by atoms with Crippen molar-refractivity contribution in [2.75, 3.05) is 13.1 Å². The van der Waals surface area contributed by atoms with Gasteiger partial charge in [0.05, 0.1) is 13.1 Å². The fourth-order valence-electron chi connectivity index (χ4n) is 2.85. The molecule has 28 heavy (non-hydrogen) atoms. The Bertz CT molecular complexity index is 777. The zero-order chi connectivity index (χ0) is 21.1. The van der Waals surface area contributed by atoms with Crippen LogP contribution >= 0.6 is 11.6 Å². The van der Waals surface area contributed by atoms with E-state index >= 15 is 0 Å². The molecule has 1 aromatic carbocycles. The Labute approximate surface area is 168 Å². The van der Waals surface area contributed by atoms with Crippen LogP contribution in [0.5, 0.6) is 0 Å². The summed E-state index contributed by atoms with van der Waals surface area (Å²) in [4.78, 5) is 25.7. The van der Waals surface area contributed by atoms with Gasteiger partial charge in [-0.05, 0) is 51.0 Å². The van der Waals surface area contributed by atoms with E-state index in [1.165, 1.54) is 0 Å². The van der Waals surface area contributed by atoms with Crippen LogP contribution in [0.25, 0.3) is 5.57 Å². The van der Waals surface area contributed by atoms with Crippen molar-refractivity contribution < 1.29 is 23.1 Å². The summed E-state index contributed by atoms with van der Waals surface area (Å²) in [6, 6.07) is 5.66. The van der Waals surface area contributed by atoms with Crippen LogP contribution in [0.1, 0.15) is 39.7 Å². The van der Waals surface area contributed by atoms with Crippen molar-refractivity contribution in [2.45, 2.75) is 51.9 Å². The number of amides is 2. The Morgan fingerprint density at radius 2 is 2.04 bits per heavy atom. The van der Waals surface area contributed by atoms with Crippen molar-refractivity contribution in [3.63, 3.8) is 0 Å². The number of carbonyl (C=O) groups is 2. The van der Waals surface area contributed by atoms with Crippen molar-refractivity contribution >= 4 is 29.2 Å². The number of benzene rings is 1. The third kappa shape index (κ3) is 5.92. The summed E-state index contributed by atoms with van der Waals surface area (Å²) in [5.74, 6) is -1.17. The highest BCUT2D eigenvalue weighted by molar-refractivity contribution is 6.30. The summed E-state index contributed by atoms with van der Waals surface area (Å²) < 4.78 is 33.5. The molecule has 5 nitrogen and oxygen atoms in total. The van der Waals surface area contributed by atoms with Crippen LogP contribution in [0.3, 0.4) is 0 Å². The second-order valence-corrected chi connectivity index (χ2v) is 8.18. The summed E-state index contributed by atoms with van der Waals surface area (Å²) in [6.45, 7) is 6.03. The number of allylic oxidation sites excluding steroid dienone is 1. The van der Waals surface area contributed by atoms with E-state index in [2.05, 4.69) is 5.32 Å². The minimum atomic E-state index is -1.34. The minimum Gasteiger partial charge on any atom is -0.444 e. The van der Waals surface area contributed by atoms with E-state index in [4.69, 9.17) is 16.3 Å². The number of ether oxygens (including phenoxy) is 1. The van der Waals surface area contributed by atoms with Gasteiger partial charge in [0.1, 0.15) is 23.6 Å². The molecule has 1 aliphatic heterocycles. The number of likely N-dealkylation sites (tertiary alicyclic amines) is 1. The van der Waals surface area contributed by atoms with Gasteiger partial charge in [-0.1, -0.05) is 23.7 Å². The molecule has 0 spiro atoms. The van der Waals surface area contributed by atoms with Gasteiger partial charge in [-0.15, -0.1) is 0 Å². The first-order valence-electron chi connectivity index (χ1n) is 9.00. The molecular formula is C20H25ClF2N2O3. The largest absolute Gasteiger partial charge is 0.444 e. The molecule has 1 heterocycles. The van der Waals surface area contributed by atoms with Gasteiger partial charge in [-0.3, -0.25) is 9.69 Å². The van der Waals surface area contributed by atoms with Crippen LogP contribution in [0.2, 0.25) is 5.02 Å². The van der Waals surface area contributed by atoms with Crippen molar-refractivity contribution in [2.24, 2.45) is 0 Å². The Hall–Kier alpha value is -2.15. The number of nitrogens with zero attached hydrogens (tertiary/aromatic N) is 1. The molecule has 154 valence electrons. The summed E-state index contributed by atoms with van der Waals surface area (Å²) in [5.41, 5.74) is 0.163. The molecule has 1 fully saturated rings. The first kappa shape index (κ1) is 22.1. The van der Waals surface area contributed by atoms with E-state index in [-0.39, 0.29) is 19.5 Å². The topological polar surface area (TPSA) is 58.6 Å². The standard InChI is InChI=1S/C20H25ClF2N2O3/c1-12(13-6-5-7-14(21)8-13)16(23)10-24-18(26)17-9-15(22)11-25(17)19(27)28-20(2,3)4/h5-8,15,17H,9-11H2,1-4H3,(H,24,26)/b16-12+/t15-,17+/m1/s1. The molecule has 0 bridgehead atoms. The molecule has 2 amide bonds. The van der Waals surface area contributed by atoms with E-state index in [1.54, 1.807) is 52.0 Å². The van der Waals surface area contributed by atoms with E-state index < -0.39 is 35.6 Å². The summed E-state index contributed by atoms with van der Waals surface area (Å²) in [5, 5.41) is 2.91. The Kier molecular flexibility index (Phi) is 7.04. The van der Waals surface area contributed by atoms with E-state index in [0.717, 1.165) is 4.90 Å². The minimum absolute atomic E-state index is 0.149. The van der Waals surface area contributed by atoms with Crippen LogP contribution in [0.15, 0.2) is 30.1 Å². The molecular weight excluding hydrogens is 390 g/mol.